The molecule has 5 heteroatoms. The van der Waals surface area contributed by atoms with Crippen LogP contribution in [0.5, 0.6) is 11.5 Å². The van der Waals surface area contributed by atoms with Crippen LogP contribution in [0.15, 0.2) is 23.8 Å². The Morgan fingerprint density at radius 3 is 2.70 bits per heavy atom. The van der Waals surface area contributed by atoms with Crippen molar-refractivity contribution in [2.75, 3.05) is 19.9 Å². The summed E-state index contributed by atoms with van der Waals surface area (Å²) in [4.78, 5) is 13.8. The molecule has 0 spiro atoms. The Morgan fingerprint density at radius 1 is 1.35 bits per heavy atom. The van der Waals surface area contributed by atoms with Crippen LogP contribution in [-0.2, 0) is 4.79 Å². The molecule has 1 amide bonds. The van der Waals surface area contributed by atoms with E-state index in [4.69, 9.17) is 14.7 Å². The molecule has 0 unspecified atom stereocenters. The van der Waals surface area contributed by atoms with Crippen molar-refractivity contribution in [2.45, 2.75) is 13.8 Å². The van der Waals surface area contributed by atoms with Crippen molar-refractivity contribution in [1.29, 1.82) is 5.26 Å². The molecule has 0 saturated heterocycles. The Balaban J connectivity index is 2.27. The highest BCUT2D eigenvalue weighted by molar-refractivity contribution is 6.01. The molecule has 1 aromatic rings. The monoisotopic (exact) mass is 272 g/mol. The maximum atomic E-state index is 12.2. The molecule has 1 aliphatic rings. The van der Waals surface area contributed by atoms with E-state index in [0.29, 0.717) is 24.6 Å². The number of hydrogen-bond acceptors (Lipinski definition) is 4. The summed E-state index contributed by atoms with van der Waals surface area (Å²) < 4.78 is 10.5. The van der Waals surface area contributed by atoms with E-state index in [9.17, 15) is 4.79 Å². The summed E-state index contributed by atoms with van der Waals surface area (Å²) in [5, 5.41) is 9.17. The lowest BCUT2D eigenvalue weighted by Gasteiger charge is -2.17. The fourth-order valence-electron chi connectivity index (χ4n) is 1.99. The number of benzene rings is 1. The minimum Gasteiger partial charge on any atom is -0.454 e. The average Bonchev–Trinajstić information content (AvgIpc) is 2.93. The molecule has 0 aliphatic carbocycles. The smallest absolute Gasteiger partial charge is 0.264 e. The average molecular weight is 272 g/mol. The van der Waals surface area contributed by atoms with E-state index in [0.717, 1.165) is 5.56 Å². The second-order valence-corrected chi connectivity index (χ2v) is 4.26. The number of amides is 1. The number of carbonyl (C=O) groups is 1. The second-order valence-electron chi connectivity index (χ2n) is 4.26. The summed E-state index contributed by atoms with van der Waals surface area (Å²) in [6.45, 7) is 5.13. The van der Waals surface area contributed by atoms with Crippen LogP contribution in [0.3, 0.4) is 0 Å². The highest BCUT2D eigenvalue weighted by Gasteiger charge is 2.17. The van der Waals surface area contributed by atoms with Gasteiger partial charge in [0.05, 0.1) is 0 Å². The van der Waals surface area contributed by atoms with Crippen LogP contribution < -0.4 is 9.47 Å². The third-order valence-corrected chi connectivity index (χ3v) is 3.11. The molecule has 5 nitrogen and oxygen atoms in total. The lowest BCUT2D eigenvalue weighted by molar-refractivity contribution is -0.126. The first-order valence-electron chi connectivity index (χ1n) is 6.50. The fourth-order valence-corrected chi connectivity index (χ4v) is 1.99. The van der Waals surface area contributed by atoms with E-state index in [1.165, 1.54) is 0 Å². The van der Waals surface area contributed by atoms with E-state index in [1.54, 1.807) is 29.2 Å². The van der Waals surface area contributed by atoms with Crippen LogP contribution >= 0.6 is 0 Å². The number of nitriles is 1. The van der Waals surface area contributed by atoms with Crippen molar-refractivity contribution >= 4 is 12.0 Å². The lowest BCUT2D eigenvalue weighted by atomic mass is 10.1. The molecule has 1 aromatic carbocycles. The highest BCUT2D eigenvalue weighted by atomic mass is 16.7. The third-order valence-electron chi connectivity index (χ3n) is 3.11. The largest absolute Gasteiger partial charge is 0.454 e. The summed E-state index contributed by atoms with van der Waals surface area (Å²) in [6, 6.07) is 7.29. The third kappa shape index (κ3) is 2.75. The van der Waals surface area contributed by atoms with Crippen LogP contribution in [0.2, 0.25) is 0 Å². The second kappa shape index (κ2) is 6.11. The molecule has 0 radical (unpaired) electrons. The van der Waals surface area contributed by atoms with Crippen molar-refractivity contribution in [1.82, 2.24) is 4.90 Å². The van der Waals surface area contributed by atoms with Crippen LogP contribution in [0.1, 0.15) is 19.4 Å². The Labute approximate surface area is 118 Å². The normalized spacial score (nSPS) is 12.9. The van der Waals surface area contributed by atoms with Gasteiger partial charge < -0.3 is 14.4 Å². The number of nitrogens with zero attached hydrogens (tertiary/aromatic N) is 2. The molecular formula is C15H16N2O3. The number of rotatable bonds is 4. The predicted molar refractivity (Wildman–Crippen MR) is 74.1 cm³/mol. The molecule has 20 heavy (non-hydrogen) atoms. The van der Waals surface area contributed by atoms with Crippen LogP contribution in [-0.4, -0.2) is 30.7 Å². The van der Waals surface area contributed by atoms with Gasteiger partial charge in [-0.25, -0.2) is 0 Å². The first-order valence-corrected chi connectivity index (χ1v) is 6.50. The van der Waals surface area contributed by atoms with Gasteiger partial charge in [-0.3, -0.25) is 4.79 Å². The van der Waals surface area contributed by atoms with Gasteiger partial charge in [-0.05, 0) is 37.6 Å². The quantitative estimate of drug-likeness (QED) is 0.622. The molecular weight excluding hydrogens is 256 g/mol. The van der Waals surface area contributed by atoms with Crippen molar-refractivity contribution in [2.24, 2.45) is 0 Å². The molecule has 0 aromatic heterocycles. The fraction of sp³-hybridized carbons (Fsp3) is 0.333. The Kier molecular flexibility index (Phi) is 4.26. The standard InChI is InChI=1S/C15H16N2O3/c1-3-17(4-2)15(18)12(9-16)7-11-5-6-13-14(8-11)20-10-19-13/h5-8H,3-4,10H2,1-2H3/b12-7-. The maximum Gasteiger partial charge on any atom is 0.264 e. The van der Waals surface area contributed by atoms with Crippen LogP contribution in [0, 0.1) is 11.3 Å². The summed E-state index contributed by atoms with van der Waals surface area (Å²) >= 11 is 0. The van der Waals surface area contributed by atoms with Gasteiger partial charge in [0.1, 0.15) is 11.6 Å². The molecule has 0 saturated carbocycles. The van der Waals surface area contributed by atoms with Gasteiger partial charge in [-0.15, -0.1) is 0 Å². The number of likely N-dealkylation sites (N-methyl/N-ethyl adjacent to an activating group) is 1. The predicted octanol–water partition coefficient (Wildman–Crippen LogP) is 2.19. The maximum absolute atomic E-state index is 12.2. The summed E-state index contributed by atoms with van der Waals surface area (Å²) in [5.41, 5.74) is 0.860. The Morgan fingerprint density at radius 2 is 2.05 bits per heavy atom. The van der Waals surface area contributed by atoms with Gasteiger partial charge in [0.25, 0.3) is 5.91 Å². The molecule has 104 valence electrons. The summed E-state index contributed by atoms with van der Waals surface area (Å²) in [5.74, 6) is 1.05. The van der Waals surface area contributed by atoms with Gasteiger partial charge in [0.15, 0.2) is 11.5 Å². The lowest BCUT2D eigenvalue weighted by Crippen LogP contribution is -2.31. The molecule has 0 atom stereocenters. The Bertz CT molecular complexity index is 583. The molecule has 1 heterocycles. The SMILES string of the molecule is CCN(CC)C(=O)/C(C#N)=C\c1ccc2c(c1)OCO2. The first kappa shape index (κ1) is 13.9. The number of hydrogen-bond donors (Lipinski definition) is 0. The van der Waals surface area contributed by atoms with Gasteiger partial charge in [-0.1, -0.05) is 6.07 Å². The van der Waals surface area contributed by atoms with Crippen molar-refractivity contribution in [3.05, 3.63) is 29.3 Å². The molecule has 0 fully saturated rings. The van der Waals surface area contributed by atoms with Crippen molar-refractivity contribution in [3.8, 4) is 17.6 Å². The number of ether oxygens (including phenoxy) is 2. The van der Waals surface area contributed by atoms with Crippen molar-refractivity contribution in [3.63, 3.8) is 0 Å². The van der Waals surface area contributed by atoms with Gasteiger partial charge in [-0.2, -0.15) is 5.26 Å². The number of fused-ring (bicyclic) bond motifs is 1. The van der Waals surface area contributed by atoms with Crippen molar-refractivity contribution < 1.29 is 14.3 Å². The molecule has 2 rings (SSSR count). The topological polar surface area (TPSA) is 62.6 Å². The molecule has 0 bridgehead atoms. The zero-order chi connectivity index (χ0) is 14.5. The van der Waals surface area contributed by atoms with Gasteiger partial charge >= 0.3 is 0 Å². The van der Waals surface area contributed by atoms with Crippen LogP contribution in [0.4, 0.5) is 0 Å². The van der Waals surface area contributed by atoms with Crippen LogP contribution in [0.25, 0.3) is 6.08 Å². The van der Waals surface area contributed by atoms with E-state index < -0.39 is 0 Å². The summed E-state index contributed by atoms with van der Waals surface area (Å²) in [6.07, 6.45) is 1.57. The van der Waals surface area contributed by atoms with E-state index in [2.05, 4.69) is 0 Å². The first-order chi connectivity index (χ1) is 9.69. The van der Waals surface area contributed by atoms with E-state index in [1.807, 2.05) is 19.9 Å². The van der Waals surface area contributed by atoms with E-state index in [-0.39, 0.29) is 18.3 Å². The molecule has 1 aliphatic heterocycles. The minimum atomic E-state index is -0.254. The highest BCUT2D eigenvalue weighted by Crippen LogP contribution is 2.33. The number of carbonyl (C=O) groups excluding carboxylic acids is 1. The summed E-state index contributed by atoms with van der Waals surface area (Å²) in [7, 11) is 0. The van der Waals surface area contributed by atoms with E-state index >= 15 is 0 Å². The molecule has 0 N–H and O–H groups in total. The zero-order valence-electron chi connectivity index (χ0n) is 11.5. The zero-order valence-corrected chi connectivity index (χ0v) is 11.5. The Hall–Kier alpha value is -2.48. The minimum absolute atomic E-state index is 0.118. The van der Waals surface area contributed by atoms with Gasteiger partial charge in [0, 0.05) is 13.1 Å². The van der Waals surface area contributed by atoms with Gasteiger partial charge in [0.2, 0.25) is 6.79 Å².